The van der Waals surface area contributed by atoms with Gasteiger partial charge in [-0.25, -0.2) is 13.6 Å². The molecule has 0 saturated carbocycles. The molecule has 0 aliphatic rings. The molecule has 0 radical (unpaired) electrons. The van der Waals surface area contributed by atoms with Crippen molar-refractivity contribution in [2.24, 2.45) is 0 Å². The maximum absolute atomic E-state index is 12.6. The van der Waals surface area contributed by atoms with Crippen molar-refractivity contribution in [1.82, 2.24) is 10.6 Å². The number of halogens is 2. The van der Waals surface area contributed by atoms with E-state index in [9.17, 15) is 13.6 Å². The molecule has 0 fully saturated rings. The topological polar surface area (TPSA) is 50.4 Å². The van der Waals surface area contributed by atoms with E-state index in [2.05, 4.69) is 24.5 Å². The van der Waals surface area contributed by atoms with E-state index in [4.69, 9.17) is 4.74 Å². The third-order valence-corrected chi connectivity index (χ3v) is 3.93. The van der Waals surface area contributed by atoms with Gasteiger partial charge in [-0.15, -0.1) is 0 Å². The molecule has 21 heavy (non-hydrogen) atoms. The van der Waals surface area contributed by atoms with Crippen LogP contribution in [0.2, 0.25) is 0 Å². The van der Waals surface area contributed by atoms with Crippen molar-refractivity contribution in [3.8, 4) is 0 Å². The third-order valence-electron chi connectivity index (χ3n) is 2.68. The summed E-state index contributed by atoms with van der Waals surface area (Å²) in [5.41, 5.74) is -0.645. The monoisotopic (exact) mass is 326 g/mol. The van der Waals surface area contributed by atoms with Crippen LogP contribution in [0, 0.1) is 0 Å². The first-order valence-corrected chi connectivity index (χ1v) is 8.21. The summed E-state index contributed by atoms with van der Waals surface area (Å²) in [6.07, 6.45) is -1.54. The molecule has 0 aliphatic carbocycles. The molecule has 0 aromatic rings. The quantitative estimate of drug-likeness (QED) is 0.719. The lowest BCUT2D eigenvalue weighted by atomic mass is 10.1. The molecule has 0 heterocycles. The third kappa shape index (κ3) is 11.7. The first kappa shape index (κ1) is 20.4. The maximum Gasteiger partial charge on any atom is 0.407 e. The van der Waals surface area contributed by atoms with E-state index >= 15 is 0 Å². The van der Waals surface area contributed by atoms with Crippen LogP contribution in [0.1, 0.15) is 41.0 Å². The summed E-state index contributed by atoms with van der Waals surface area (Å²) < 4.78 is 30.3. The molecule has 2 N–H and O–H groups in total. The Morgan fingerprint density at radius 3 is 2.24 bits per heavy atom. The van der Waals surface area contributed by atoms with Gasteiger partial charge in [-0.2, -0.15) is 11.8 Å². The number of nitrogens with one attached hydrogen (secondary N) is 2. The average Bonchev–Trinajstić information content (AvgIpc) is 2.24. The van der Waals surface area contributed by atoms with Gasteiger partial charge >= 0.3 is 6.09 Å². The van der Waals surface area contributed by atoms with Crippen LogP contribution in [0.15, 0.2) is 0 Å². The normalized spacial score (nSPS) is 14.1. The SMILES string of the molecule is CSC(C)(C)CNCC(CC(F)F)NC(=O)OC(C)(C)C. The van der Waals surface area contributed by atoms with Gasteiger partial charge in [-0.1, -0.05) is 0 Å². The van der Waals surface area contributed by atoms with E-state index in [0.717, 1.165) is 0 Å². The van der Waals surface area contributed by atoms with Gasteiger partial charge in [0, 0.05) is 24.3 Å². The molecule has 4 nitrogen and oxygen atoms in total. The Hall–Kier alpha value is -0.560. The Bertz CT molecular complexity index is 321. The molecule has 0 bridgehead atoms. The van der Waals surface area contributed by atoms with Crippen LogP contribution < -0.4 is 10.6 Å². The van der Waals surface area contributed by atoms with Crippen LogP contribution in [-0.2, 0) is 4.74 Å². The van der Waals surface area contributed by atoms with E-state index in [1.54, 1.807) is 32.5 Å². The average molecular weight is 326 g/mol. The summed E-state index contributed by atoms with van der Waals surface area (Å²) in [6.45, 7) is 10.3. The molecule has 1 atom stereocenters. The number of carbonyl (C=O) groups excluding carboxylic acids is 1. The van der Waals surface area contributed by atoms with Gasteiger partial charge in [-0.3, -0.25) is 0 Å². The Morgan fingerprint density at radius 1 is 1.24 bits per heavy atom. The molecule has 7 heteroatoms. The molecule has 0 aromatic carbocycles. The fourth-order valence-corrected chi connectivity index (χ4v) is 1.75. The number of rotatable bonds is 8. The molecular weight excluding hydrogens is 298 g/mol. The molecule has 0 spiro atoms. The van der Waals surface area contributed by atoms with E-state index in [0.29, 0.717) is 6.54 Å². The highest BCUT2D eigenvalue weighted by Crippen LogP contribution is 2.19. The molecule has 0 saturated heterocycles. The molecule has 126 valence electrons. The number of alkyl carbamates (subject to hydrolysis) is 1. The molecule has 0 aliphatic heterocycles. The first-order valence-electron chi connectivity index (χ1n) is 6.99. The van der Waals surface area contributed by atoms with Crippen molar-refractivity contribution in [2.75, 3.05) is 19.3 Å². The standard InChI is InChI=1S/C14H28F2N2O2S/c1-13(2,3)20-12(19)18-10(7-11(15)16)8-17-9-14(4,5)21-6/h10-11,17H,7-9H2,1-6H3,(H,18,19). The lowest BCUT2D eigenvalue weighted by molar-refractivity contribution is 0.0472. The summed E-state index contributed by atoms with van der Waals surface area (Å²) in [5, 5.41) is 5.62. The van der Waals surface area contributed by atoms with Gasteiger partial charge in [0.1, 0.15) is 5.60 Å². The second kappa shape index (κ2) is 8.78. The van der Waals surface area contributed by atoms with Gasteiger partial charge in [0.25, 0.3) is 0 Å². The zero-order valence-corrected chi connectivity index (χ0v) is 14.6. The van der Waals surface area contributed by atoms with Gasteiger partial charge in [0.15, 0.2) is 0 Å². The molecule has 1 amide bonds. The lowest BCUT2D eigenvalue weighted by Gasteiger charge is -2.26. The van der Waals surface area contributed by atoms with Crippen molar-refractivity contribution >= 4 is 17.9 Å². The maximum atomic E-state index is 12.6. The van der Waals surface area contributed by atoms with Gasteiger partial charge < -0.3 is 15.4 Å². The highest BCUT2D eigenvalue weighted by Gasteiger charge is 2.23. The predicted molar refractivity (Wildman–Crippen MR) is 84.2 cm³/mol. The lowest BCUT2D eigenvalue weighted by Crippen LogP contribution is -2.47. The zero-order valence-electron chi connectivity index (χ0n) is 13.8. The highest BCUT2D eigenvalue weighted by atomic mass is 32.2. The van der Waals surface area contributed by atoms with Crippen molar-refractivity contribution in [3.63, 3.8) is 0 Å². The summed E-state index contributed by atoms with van der Waals surface area (Å²) in [5.74, 6) is 0. The van der Waals surface area contributed by atoms with Crippen LogP contribution in [0.5, 0.6) is 0 Å². The first-order chi connectivity index (χ1) is 9.45. The summed E-state index contributed by atoms with van der Waals surface area (Å²) in [4.78, 5) is 11.7. The number of hydrogen-bond acceptors (Lipinski definition) is 4. The second-order valence-electron chi connectivity index (χ2n) is 6.56. The molecule has 1 unspecified atom stereocenters. The van der Waals surface area contributed by atoms with Crippen LogP contribution in [0.25, 0.3) is 0 Å². The summed E-state index contributed by atoms with van der Waals surface area (Å²) in [6, 6.07) is -0.655. The van der Waals surface area contributed by atoms with Gasteiger partial charge in [-0.05, 0) is 40.9 Å². The van der Waals surface area contributed by atoms with Crippen LogP contribution in [-0.4, -0.2) is 48.3 Å². The zero-order chi connectivity index (χ0) is 16.7. The van der Waals surface area contributed by atoms with Crippen molar-refractivity contribution in [3.05, 3.63) is 0 Å². The second-order valence-corrected chi connectivity index (χ2v) is 8.08. The number of ether oxygens (including phenoxy) is 1. The molecule has 0 aromatic heterocycles. The Morgan fingerprint density at radius 2 is 1.81 bits per heavy atom. The molecule has 0 rings (SSSR count). The smallest absolute Gasteiger partial charge is 0.407 e. The van der Waals surface area contributed by atoms with Crippen LogP contribution in [0.3, 0.4) is 0 Å². The van der Waals surface area contributed by atoms with Crippen LogP contribution in [0.4, 0.5) is 13.6 Å². The highest BCUT2D eigenvalue weighted by molar-refractivity contribution is 7.99. The van der Waals surface area contributed by atoms with E-state index in [-0.39, 0.29) is 11.3 Å². The fourth-order valence-electron chi connectivity index (χ4n) is 1.50. The minimum absolute atomic E-state index is 0.0152. The molecular formula is C14H28F2N2O2S. The van der Waals surface area contributed by atoms with E-state index in [1.807, 2.05) is 6.26 Å². The minimum Gasteiger partial charge on any atom is -0.444 e. The Labute approximate surface area is 130 Å². The predicted octanol–water partition coefficient (Wildman–Crippen LogP) is 3.27. The number of amides is 1. The number of carbonyl (C=O) groups is 1. The number of hydrogen-bond donors (Lipinski definition) is 2. The van der Waals surface area contributed by atoms with Crippen molar-refractivity contribution < 1.29 is 18.3 Å². The van der Waals surface area contributed by atoms with Gasteiger partial charge in [0.2, 0.25) is 6.43 Å². The number of alkyl halides is 2. The fraction of sp³-hybridized carbons (Fsp3) is 0.929. The Kier molecular flexibility index (Phi) is 8.54. The minimum atomic E-state index is -2.47. The van der Waals surface area contributed by atoms with E-state index in [1.165, 1.54) is 0 Å². The van der Waals surface area contributed by atoms with Gasteiger partial charge in [0.05, 0.1) is 6.04 Å². The van der Waals surface area contributed by atoms with Crippen molar-refractivity contribution in [1.29, 1.82) is 0 Å². The largest absolute Gasteiger partial charge is 0.444 e. The summed E-state index contributed by atoms with van der Waals surface area (Å²) >= 11 is 1.69. The number of thioether (sulfide) groups is 1. The van der Waals surface area contributed by atoms with Crippen molar-refractivity contribution in [2.45, 2.75) is 63.9 Å². The Balaban J connectivity index is 4.36. The van der Waals surface area contributed by atoms with E-state index < -0.39 is 30.6 Å². The summed E-state index contributed by atoms with van der Waals surface area (Å²) in [7, 11) is 0. The van der Waals surface area contributed by atoms with Crippen LogP contribution >= 0.6 is 11.8 Å².